The van der Waals surface area contributed by atoms with Crippen molar-refractivity contribution in [2.24, 2.45) is 5.73 Å². The van der Waals surface area contributed by atoms with Crippen molar-refractivity contribution in [1.29, 1.82) is 0 Å². The van der Waals surface area contributed by atoms with E-state index in [1.54, 1.807) is 29.2 Å². The lowest BCUT2D eigenvalue weighted by atomic mass is 10.1. The zero-order chi connectivity index (χ0) is 13.9. The van der Waals surface area contributed by atoms with E-state index < -0.39 is 5.91 Å². The molecule has 1 amide bonds. The molecular weight excluding hydrogens is 292 g/mol. The number of anilines is 1. The van der Waals surface area contributed by atoms with Crippen LogP contribution in [0.4, 0.5) is 5.13 Å². The molecule has 1 fully saturated rings. The van der Waals surface area contributed by atoms with Crippen molar-refractivity contribution < 1.29 is 4.79 Å². The highest BCUT2D eigenvalue weighted by atomic mass is 32.2. The molecule has 3 rings (SSSR count). The minimum atomic E-state index is -0.399. The number of nitrogens with one attached hydrogen (secondary N) is 1. The van der Waals surface area contributed by atoms with E-state index in [1.807, 2.05) is 18.2 Å². The summed E-state index contributed by atoms with van der Waals surface area (Å²) in [7, 11) is 0. The van der Waals surface area contributed by atoms with Gasteiger partial charge in [0.25, 0.3) is 0 Å². The molecule has 7 heteroatoms. The fourth-order valence-electron chi connectivity index (χ4n) is 1.69. The Morgan fingerprint density at radius 2 is 2.30 bits per heavy atom. The maximum Gasteiger partial charge on any atom is 0.248 e. The number of rotatable bonds is 6. The lowest BCUT2D eigenvalue weighted by Crippen LogP contribution is -2.10. The van der Waals surface area contributed by atoms with E-state index in [-0.39, 0.29) is 0 Å². The van der Waals surface area contributed by atoms with E-state index in [9.17, 15) is 4.79 Å². The van der Waals surface area contributed by atoms with Gasteiger partial charge in [-0.1, -0.05) is 35.2 Å². The summed E-state index contributed by atoms with van der Waals surface area (Å²) in [5.74, 6) is 0.350. The molecule has 3 N–H and O–H groups in total. The third-order valence-electron chi connectivity index (χ3n) is 2.89. The molecule has 0 unspecified atom stereocenters. The smallest absolute Gasteiger partial charge is 0.248 e. The molecule has 0 atom stereocenters. The predicted molar refractivity (Wildman–Crippen MR) is 81.1 cm³/mol. The molecule has 1 saturated carbocycles. The highest BCUT2D eigenvalue weighted by Gasteiger charge is 2.22. The molecular formula is C13H14N4OS2. The van der Waals surface area contributed by atoms with Crippen LogP contribution in [0.2, 0.25) is 0 Å². The molecule has 0 aliphatic heterocycles. The average molecular weight is 306 g/mol. The lowest BCUT2D eigenvalue weighted by molar-refractivity contribution is 0.1000. The summed E-state index contributed by atoms with van der Waals surface area (Å²) in [5, 5.41) is 12.5. The van der Waals surface area contributed by atoms with Crippen LogP contribution < -0.4 is 11.1 Å². The number of primary amides is 1. The highest BCUT2D eigenvalue weighted by Crippen LogP contribution is 2.31. The Kier molecular flexibility index (Phi) is 3.88. The van der Waals surface area contributed by atoms with Crippen molar-refractivity contribution in [3.05, 3.63) is 35.4 Å². The summed E-state index contributed by atoms with van der Waals surface area (Å²) < 4.78 is 0.928. The Bertz CT molecular complexity index is 624. The maximum absolute atomic E-state index is 11.1. The van der Waals surface area contributed by atoms with E-state index in [0.29, 0.717) is 11.6 Å². The van der Waals surface area contributed by atoms with Crippen molar-refractivity contribution in [3.8, 4) is 0 Å². The van der Waals surface area contributed by atoms with Crippen LogP contribution in [-0.4, -0.2) is 22.1 Å². The van der Waals surface area contributed by atoms with Gasteiger partial charge in [-0.2, -0.15) is 0 Å². The fraction of sp³-hybridized carbons (Fsp3) is 0.308. The Labute approximate surface area is 125 Å². The molecule has 2 aromatic rings. The molecule has 1 aliphatic rings. The number of nitrogens with two attached hydrogens (primary N) is 1. The van der Waals surface area contributed by atoms with Gasteiger partial charge >= 0.3 is 0 Å². The summed E-state index contributed by atoms with van der Waals surface area (Å²) in [6.07, 6.45) is 2.45. The van der Waals surface area contributed by atoms with Gasteiger partial charge < -0.3 is 11.1 Å². The summed E-state index contributed by atoms with van der Waals surface area (Å²) in [6, 6.07) is 7.95. The largest absolute Gasteiger partial charge is 0.366 e. The van der Waals surface area contributed by atoms with Crippen LogP contribution in [-0.2, 0) is 5.75 Å². The van der Waals surface area contributed by atoms with Gasteiger partial charge in [-0.15, -0.1) is 10.2 Å². The normalized spacial score (nSPS) is 14.2. The molecule has 0 saturated heterocycles. The van der Waals surface area contributed by atoms with Crippen LogP contribution in [0.15, 0.2) is 28.6 Å². The number of hydrogen-bond donors (Lipinski definition) is 2. The zero-order valence-corrected chi connectivity index (χ0v) is 12.3. The van der Waals surface area contributed by atoms with Gasteiger partial charge in [0.05, 0.1) is 0 Å². The van der Waals surface area contributed by atoms with Crippen LogP contribution in [0, 0.1) is 0 Å². The lowest BCUT2D eigenvalue weighted by Gasteiger charge is -2.01. The van der Waals surface area contributed by atoms with Crippen molar-refractivity contribution >= 4 is 34.1 Å². The molecule has 0 radical (unpaired) electrons. The predicted octanol–water partition coefficient (Wildman–Crippen LogP) is 2.50. The molecule has 0 bridgehead atoms. The van der Waals surface area contributed by atoms with Gasteiger partial charge in [0.1, 0.15) is 0 Å². The minimum Gasteiger partial charge on any atom is -0.366 e. The quantitative estimate of drug-likeness (QED) is 0.801. The van der Waals surface area contributed by atoms with Gasteiger partial charge in [0, 0.05) is 17.4 Å². The first-order chi connectivity index (χ1) is 9.70. The Morgan fingerprint density at radius 3 is 3.05 bits per heavy atom. The topological polar surface area (TPSA) is 80.9 Å². The van der Waals surface area contributed by atoms with Crippen LogP contribution >= 0.6 is 23.1 Å². The second kappa shape index (κ2) is 5.80. The molecule has 1 aromatic carbocycles. The summed E-state index contributed by atoms with van der Waals surface area (Å²) in [5.41, 5.74) is 6.86. The maximum atomic E-state index is 11.1. The third kappa shape index (κ3) is 3.49. The number of thioether (sulfide) groups is 1. The Morgan fingerprint density at radius 1 is 1.45 bits per heavy atom. The number of nitrogens with zero attached hydrogens (tertiary/aromatic N) is 2. The van der Waals surface area contributed by atoms with Gasteiger partial charge in [-0.3, -0.25) is 4.79 Å². The van der Waals surface area contributed by atoms with E-state index in [0.717, 1.165) is 20.8 Å². The van der Waals surface area contributed by atoms with E-state index in [4.69, 9.17) is 5.73 Å². The van der Waals surface area contributed by atoms with Gasteiger partial charge in [0.2, 0.25) is 11.0 Å². The first-order valence-corrected chi connectivity index (χ1v) is 8.12. The minimum absolute atomic E-state index is 0.399. The van der Waals surface area contributed by atoms with Gasteiger partial charge in [0.15, 0.2) is 4.34 Å². The first kappa shape index (κ1) is 13.4. The number of amides is 1. The Hall–Kier alpha value is -1.60. The molecule has 1 aliphatic carbocycles. The standard InChI is InChI=1S/C13H14N4OS2/c14-11(18)9-3-1-2-8(6-9)7-19-13-17-16-12(20-13)15-10-4-5-10/h1-3,6,10H,4-5,7H2,(H2,14,18)(H,15,16). The Balaban J connectivity index is 1.59. The first-order valence-electron chi connectivity index (χ1n) is 6.32. The SMILES string of the molecule is NC(=O)c1cccc(CSc2nnc(NC3CC3)s2)c1. The second-order valence-electron chi connectivity index (χ2n) is 4.65. The molecule has 1 heterocycles. The molecule has 104 valence electrons. The van der Waals surface area contributed by atoms with Crippen LogP contribution in [0.5, 0.6) is 0 Å². The molecule has 0 spiro atoms. The van der Waals surface area contributed by atoms with E-state index in [2.05, 4.69) is 15.5 Å². The number of aromatic nitrogens is 2. The summed E-state index contributed by atoms with van der Waals surface area (Å²) in [6.45, 7) is 0. The van der Waals surface area contributed by atoms with Crippen molar-refractivity contribution in [2.75, 3.05) is 5.32 Å². The number of benzene rings is 1. The van der Waals surface area contributed by atoms with Crippen molar-refractivity contribution in [2.45, 2.75) is 29.0 Å². The van der Waals surface area contributed by atoms with Gasteiger partial charge in [-0.05, 0) is 30.5 Å². The van der Waals surface area contributed by atoms with Crippen LogP contribution in [0.3, 0.4) is 0 Å². The summed E-state index contributed by atoms with van der Waals surface area (Å²) >= 11 is 3.18. The number of carbonyl (C=O) groups is 1. The molecule has 5 nitrogen and oxygen atoms in total. The van der Waals surface area contributed by atoms with Crippen molar-refractivity contribution in [1.82, 2.24) is 10.2 Å². The molecule has 20 heavy (non-hydrogen) atoms. The summed E-state index contributed by atoms with van der Waals surface area (Å²) in [4.78, 5) is 11.1. The van der Waals surface area contributed by atoms with Crippen LogP contribution in [0.1, 0.15) is 28.8 Å². The highest BCUT2D eigenvalue weighted by molar-refractivity contribution is 8.00. The van der Waals surface area contributed by atoms with E-state index >= 15 is 0 Å². The average Bonchev–Trinajstić information content (AvgIpc) is 3.14. The zero-order valence-electron chi connectivity index (χ0n) is 10.7. The van der Waals surface area contributed by atoms with Crippen molar-refractivity contribution in [3.63, 3.8) is 0 Å². The molecule has 1 aromatic heterocycles. The van der Waals surface area contributed by atoms with Crippen LogP contribution in [0.25, 0.3) is 0 Å². The number of hydrogen-bond acceptors (Lipinski definition) is 6. The fourth-order valence-corrected chi connectivity index (χ4v) is 3.46. The van der Waals surface area contributed by atoms with Gasteiger partial charge in [-0.25, -0.2) is 0 Å². The number of carbonyl (C=O) groups excluding carboxylic acids is 1. The van der Waals surface area contributed by atoms with E-state index in [1.165, 1.54) is 12.8 Å². The third-order valence-corrected chi connectivity index (χ3v) is 4.94. The second-order valence-corrected chi connectivity index (χ2v) is 6.85. The monoisotopic (exact) mass is 306 g/mol.